The van der Waals surface area contributed by atoms with E-state index >= 15 is 0 Å². The second-order valence-corrected chi connectivity index (χ2v) is 4.62. The molecule has 3 rings (SSSR count). The van der Waals surface area contributed by atoms with Crippen molar-refractivity contribution in [1.29, 1.82) is 0 Å². The number of ketones is 1. The first-order chi connectivity index (χ1) is 8.34. The predicted molar refractivity (Wildman–Crippen MR) is 60.4 cm³/mol. The first-order valence-corrected chi connectivity index (χ1v) is 6.20. The Bertz CT molecular complexity index is 542. The topological polar surface area (TPSA) is 81.8 Å². The third-order valence-corrected chi connectivity index (χ3v) is 3.53. The van der Waals surface area contributed by atoms with Crippen LogP contribution in [-0.4, -0.2) is 37.4 Å². The third kappa shape index (κ3) is 1.93. The van der Waals surface area contributed by atoms with Crippen LogP contribution in [0.25, 0.3) is 11.5 Å². The molecule has 6 nitrogen and oxygen atoms in total. The number of nitrogens with zero attached hydrogens (tertiary/aromatic N) is 4. The van der Waals surface area contributed by atoms with Crippen molar-refractivity contribution in [3.8, 4) is 11.5 Å². The van der Waals surface area contributed by atoms with Gasteiger partial charge in [0.25, 0.3) is 0 Å². The summed E-state index contributed by atoms with van der Waals surface area (Å²) < 4.78 is 5.12. The highest BCUT2D eigenvalue weighted by molar-refractivity contribution is 8.00. The highest BCUT2D eigenvalue weighted by Gasteiger charge is 2.31. The van der Waals surface area contributed by atoms with Gasteiger partial charge in [0, 0.05) is 11.9 Å². The van der Waals surface area contributed by atoms with Crippen LogP contribution in [0.2, 0.25) is 0 Å². The van der Waals surface area contributed by atoms with Crippen molar-refractivity contribution >= 4 is 17.5 Å². The molecule has 0 radical (unpaired) electrons. The SMILES string of the molecule is O=C1CSCC1c1nc(-c2ccncn2)no1. The molecular weight excluding hydrogens is 240 g/mol. The van der Waals surface area contributed by atoms with Gasteiger partial charge in [0.1, 0.15) is 17.9 Å². The maximum Gasteiger partial charge on any atom is 0.238 e. The zero-order valence-electron chi connectivity index (χ0n) is 8.74. The van der Waals surface area contributed by atoms with Crippen LogP contribution < -0.4 is 0 Å². The molecule has 0 spiro atoms. The number of carbonyl (C=O) groups is 1. The van der Waals surface area contributed by atoms with E-state index in [0.29, 0.717) is 28.9 Å². The zero-order valence-corrected chi connectivity index (χ0v) is 9.55. The Morgan fingerprint density at radius 3 is 3.12 bits per heavy atom. The van der Waals surface area contributed by atoms with Gasteiger partial charge in [-0.25, -0.2) is 9.97 Å². The summed E-state index contributed by atoms with van der Waals surface area (Å²) in [7, 11) is 0. The van der Waals surface area contributed by atoms with Gasteiger partial charge in [-0.2, -0.15) is 16.7 Å². The molecule has 1 aliphatic heterocycles. The van der Waals surface area contributed by atoms with Gasteiger partial charge in [-0.3, -0.25) is 4.79 Å². The van der Waals surface area contributed by atoms with Gasteiger partial charge in [-0.05, 0) is 6.07 Å². The second-order valence-electron chi connectivity index (χ2n) is 3.58. The molecule has 1 fully saturated rings. The molecule has 0 amide bonds. The van der Waals surface area contributed by atoms with E-state index in [0.717, 1.165) is 0 Å². The molecule has 1 atom stereocenters. The summed E-state index contributed by atoms with van der Waals surface area (Å²) in [6.07, 6.45) is 3.02. The fourth-order valence-corrected chi connectivity index (χ4v) is 2.67. The Hall–Kier alpha value is -1.76. The minimum Gasteiger partial charge on any atom is -0.338 e. The third-order valence-electron chi connectivity index (χ3n) is 2.47. The molecule has 0 bridgehead atoms. The van der Waals surface area contributed by atoms with Gasteiger partial charge in [-0.1, -0.05) is 5.16 Å². The summed E-state index contributed by atoms with van der Waals surface area (Å²) in [5.41, 5.74) is 0.591. The molecule has 86 valence electrons. The van der Waals surface area contributed by atoms with Crippen molar-refractivity contribution in [2.75, 3.05) is 11.5 Å². The van der Waals surface area contributed by atoms with Crippen molar-refractivity contribution in [2.45, 2.75) is 5.92 Å². The fourth-order valence-electron chi connectivity index (χ4n) is 1.58. The van der Waals surface area contributed by atoms with E-state index in [-0.39, 0.29) is 11.7 Å². The molecule has 17 heavy (non-hydrogen) atoms. The van der Waals surface area contributed by atoms with Crippen LogP contribution in [0.15, 0.2) is 23.1 Å². The summed E-state index contributed by atoms with van der Waals surface area (Å²) in [5, 5.41) is 3.83. The number of hydrogen-bond acceptors (Lipinski definition) is 7. The molecule has 1 aliphatic rings. The maximum absolute atomic E-state index is 11.5. The number of thioether (sulfide) groups is 1. The van der Waals surface area contributed by atoms with Gasteiger partial charge in [0.2, 0.25) is 11.7 Å². The number of Topliss-reactive ketones (excluding diaryl/α,β-unsaturated/α-hetero) is 1. The molecule has 0 aromatic carbocycles. The van der Waals surface area contributed by atoms with Crippen LogP contribution in [-0.2, 0) is 4.79 Å². The van der Waals surface area contributed by atoms with E-state index < -0.39 is 0 Å². The molecule has 2 aromatic rings. The molecule has 2 aromatic heterocycles. The summed E-state index contributed by atoms with van der Waals surface area (Å²) in [4.78, 5) is 23.6. The molecule has 0 N–H and O–H groups in total. The molecule has 1 unspecified atom stereocenters. The minimum absolute atomic E-state index is 0.146. The van der Waals surface area contributed by atoms with Crippen molar-refractivity contribution in [3.05, 3.63) is 24.5 Å². The van der Waals surface area contributed by atoms with Gasteiger partial charge < -0.3 is 4.52 Å². The van der Waals surface area contributed by atoms with Crippen LogP contribution in [0.3, 0.4) is 0 Å². The lowest BCUT2D eigenvalue weighted by atomic mass is 10.1. The Labute approximate surface area is 101 Å². The van der Waals surface area contributed by atoms with Crippen molar-refractivity contribution in [1.82, 2.24) is 20.1 Å². The van der Waals surface area contributed by atoms with Crippen LogP contribution in [0, 0.1) is 0 Å². The highest BCUT2D eigenvalue weighted by Crippen LogP contribution is 2.29. The van der Waals surface area contributed by atoms with Crippen LogP contribution >= 0.6 is 11.8 Å². The molecule has 0 saturated carbocycles. The number of carbonyl (C=O) groups excluding carboxylic acids is 1. The van der Waals surface area contributed by atoms with Crippen molar-refractivity contribution in [3.63, 3.8) is 0 Å². The first kappa shape index (κ1) is 10.4. The first-order valence-electron chi connectivity index (χ1n) is 5.05. The van der Waals surface area contributed by atoms with E-state index in [1.54, 1.807) is 24.0 Å². The number of hydrogen-bond donors (Lipinski definition) is 0. The van der Waals surface area contributed by atoms with Gasteiger partial charge >= 0.3 is 0 Å². The Morgan fingerprint density at radius 2 is 2.41 bits per heavy atom. The lowest BCUT2D eigenvalue weighted by Crippen LogP contribution is -2.09. The lowest BCUT2D eigenvalue weighted by molar-refractivity contribution is -0.117. The van der Waals surface area contributed by atoms with E-state index in [1.165, 1.54) is 6.33 Å². The van der Waals surface area contributed by atoms with Gasteiger partial charge in [0.05, 0.1) is 5.75 Å². The highest BCUT2D eigenvalue weighted by atomic mass is 32.2. The number of aromatic nitrogens is 4. The quantitative estimate of drug-likeness (QED) is 0.781. The molecule has 0 aliphatic carbocycles. The van der Waals surface area contributed by atoms with E-state index in [2.05, 4.69) is 20.1 Å². The normalized spacial score (nSPS) is 19.8. The van der Waals surface area contributed by atoms with Crippen LogP contribution in [0.5, 0.6) is 0 Å². The monoisotopic (exact) mass is 248 g/mol. The van der Waals surface area contributed by atoms with E-state index in [4.69, 9.17) is 4.52 Å². The molecule has 7 heteroatoms. The average Bonchev–Trinajstić information content (AvgIpc) is 2.98. The average molecular weight is 248 g/mol. The summed E-state index contributed by atoms with van der Waals surface area (Å²) in [6, 6.07) is 1.69. The van der Waals surface area contributed by atoms with Crippen LogP contribution in [0.4, 0.5) is 0 Å². The maximum atomic E-state index is 11.5. The number of rotatable bonds is 2. The van der Waals surface area contributed by atoms with E-state index in [9.17, 15) is 4.79 Å². The Morgan fingerprint density at radius 1 is 1.47 bits per heavy atom. The summed E-state index contributed by atoms with van der Waals surface area (Å²) in [6.45, 7) is 0. The Balaban J connectivity index is 1.91. The molecule has 3 heterocycles. The summed E-state index contributed by atoms with van der Waals surface area (Å²) in [5.74, 6) is 1.90. The Kier molecular flexibility index (Phi) is 2.60. The second kappa shape index (κ2) is 4.25. The molecular formula is C10H8N4O2S. The zero-order chi connectivity index (χ0) is 11.7. The largest absolute Gasteiger partial charge is 0.338 e. The smallest absolute Gasteiger partial charge is 0.238 e. The predicted octanol–water partition coefficient (Wildman–Crippen LogP) is 0.926. The van der Waals surface area contributed by atoms with Gasteiger partial charge in [0.15, 0.2) is 5.78 Å². The van der Waals surface area contributed by atoms with Crippen molar-refractivity contribution < 1.29 is 9.32 Å². The standard InChI is InChI=1S/C10H8N4O2S/c15-8-4-17-3-6(8)10-13-9(14-16-10)7-1-2-11-5-12-7/h1-2,5-6H,3-4H2. The van der Waals surface area contributed by atoms with Crippen molar-refractivity contribution in [2.24, 2.45) is 0 Å². The lowest BCUT2D eigenvalue weighted by Gasteiger charge is -1.97. The molecule has 1 saturated heterocycles. The van der Waals surface area contributed by atoms with Gasteiger partial charge in [-0.15, -0.1) is 0 Å². The minimum atomic E-state index is -0.261. The fraction of sp³-hybridized carbons (Fsp3) is 0.300. The summed E-state index contributed by atoms with van der Waals surface area (Å²) >= 11 is 1.59. The van der Waals surface area contributed by atoms with E-state index in [1.807, 2.05) is 0 Å². The van der Waals surface area contributed by atoms with Crippen LogP contribution in [0.1, 0.15) is 11.8 Å².